The Morgan fingerprint density at radius 3 is 2.76 bits per heavy atom. The molecule has 0 aliphatic carbocycles. The third-order valence-electron chi connectivity index (χ3n) is 3.08. The predicted octanol–water partition coefficient (Wildman–Crippen LogP) is -0.181. The van der Waals surface area contributed by atoms with E-state index in [1.807, 2.05) is 19.1 Å². The zero-order valence-corrected chi connectivity index (χ0v) is 11.8. The van der Waals surface area contributed by atoms with Crippen molar-refractivity contribution in [1.82, 2.24) is 19.4 Å². The molecule has 1 amide bonds. The van der Waals surface area contributed by atoms with E-state index in [1.54, 1.807) is 12.3 Å². The fourth-order valence-corrected chi connectivity index (χ4v) is 1.88. The van der Waals surface area contributed by atoms with Gasteiger partial charge in [-0.05, 0) is 19.1 Å². The molecule has 0 aromatic carbocycles. The topological polar surface area (TPSA) is 86.0 Å². The molecular weight excluding hydrogens is 272 g/mol. The number of rotatable bonds is 4. The summed E-state index contributed by atoms with van der Waals surface area (Å²) in [4.78, 5) is 39.2. The third kappa shape index (κ3) is 3.44. The lowest BCUT2D eigenvalue weighted by molar-refractivity contribution is -0.122. The van der Waals surface area contributed by atoms with Crippen molar-refractivity contribution in [2.75, 3.05) is 0 Å². The summed E-state index contributed by atoms with van der Waals surface area (Å²) < 4.78 is 2.14. The van der Waals surface area contributed by atoms with E-state index in [0.29, 0.717) is 0 Å². The number of hydrogen-bond acceptors (Lipinski definition) is 4. The second kappa shape index (κ2) is 6.17. The van der Waals surface area contributed by atoms with Gasteiger partial charge in [0, 0.05) is 25.5 Å². The molecule has 0 aliphatic heterocycles. The van der Waals surface area contributed by atoms with Crippen LogP contribution in [0, 0.1) is 0 Å². The van der Waals surface area contributed by atoms with Gasteiger partial charge in [-0.2, -0.15) is 0 Å². The highest BCUT2D eigenvalue weighted by Crippen LogP contribution is 2.07. The van der Waals surface area contributed by atoms with Gasteiger partial charge >= 0.3 is 5.69 Å². The molecule has 2 aromatic rings. The molecule has 110 valence electrons. The largest absolute Gasteiger partial charge is 0.346 e. The Balaban J connectivity index is 2.08. The number of aromatic nitrogens is 3. The Morgan fingerprint density at radius 1 is 1.33 bits per heavy atom. The predicted molar refractivity (Wildman–Crippen MR) is 76.7 cm³/mol. The molecule has 21 heavy (non-hydrogen) atoms. The summed E-state index contributed by atoms with van der Waals surface area (Å²) in [5.74, 6) is -0.325. The molecule has 2 heterocycles. The van der Waals surface area contributed by atoms with E-state index in [0.717, 1.165) is 10.3 Å². The van der Waals surface area contributed by atoms with E-state index in [-0.39, 0.29) is 18.5 Å². The first-order valence-corrected chi connectivity index (χ1v) is 6.46. The molecule has 0 saturated heterocycles. The standard InChI is InChI=1S/C14H16N4O3/c1-10(11-5-3-4-7-15-11)16-12(19)9-18-8-6-13(20)17(2)14(18)21/h3-8,10H,9H2,1-2H3,(H,16,19)/t10-/m0/s1. The van der Waals surface area contributed by atoms with Crippen LogP contribution in [0.5, 0.6) is 0 Å². The lowest BCUT2D eigenvalue weighted by atomic mass is 10.2. The summed E-state index contributed by atoms with van der Waals surface area (Å²) in [6.07, 6.45) is 2.96. The first-order valence-electron chi connectivity index (χ1n) is 6.46. The maximum absolute atomic E-state index is 12.0. The van der Waals surface area contributed by atoms with Crippen LogP contribution in [0.25, 0.3) is 0 Å². The van der Waals surface area contributed by atoms with E-state index >= 15 is 0 Å². The van der Waals surface area contributed by atoms with Crippen molar-refractivity contribution in [1.29, 1.82) is 0 Å². The van der Waals surface area contributed by atoms with Gasteiger partial charge in [-0.25, -0.2) is 4.79 Å². The third-order valence-corrected chi connectivity index (χ3v) is 3.08. The summed E-state index contributed by atoms with van der Waals surface area (Å²) in [6.45, 7) is 1.66. The maximum atomic E-state index is 12.0. The highest BCUT2D eigenvalue weighted by molar-refractivity contribution is 5.76. The molecule has 0 saturated carbocycles. The number of pyridine rings is 1. The van der Waals surface area contributed by atoms with Gasteiger partial charge in [0.1, 0.15) is 6.54 Å². The molecule has 0 aliphatic rings. The highest BCUT2D eigenvalue weighted by atomic mass is 16.2. The first kappa shape index (κ1) is 14.7. The van der Waals surface area contributed by atoms with E-state index in [9.17, 15) is 14.4 Å². The van der Waals surface area contributed by atoms with Crippen LogP contribution in [-0.4, -0.2) is 20.0 Å². The van der Waals surface area contributed by atoms with Crippen molar-refractivity contribution in [2.45, 2.75) is 19.5 Å². The van der Waals surface area contributed by atoms with Gasteiger partial charge in [0.25, 0.3) is 5.56 Å². The molecule has 7 nitrogen and oxygen atoms in total. The molecule has 1 atom stereocenters. The Kier molecular flexibility index (Phi) is 4.32. The highest BCUT2D eigenvalue weighted by Gasteiger charge is 2.12. The van der Waals surface area contributed by atoms with Crippen molar-refractivity contribution in [3.8, 4) is 0 Å². The van der Waals surface area contributed by atoms with Gasteiger partial charge < -0.3 is 5.32 Å². The van der Waals surface area contributed by atoms with Crippen LogP contribution < -0.4 is 16.6 Å². The minimum absolute atomic E-state index is 0.149. The summed E-state index contributed by atoms with van der Waals surface area (Å²) >= 11 is 0. The monoisotopic (exact) mass is 288 g/mol. The fraction of sp³-hybridized carbons (Fsp3) is 0.286. The SMILES string of the molecule is C[C@H](NC(=O)Cn1ccc(=O)n(C)c1=O)c1ccccn1. The lowest BCUT2D eigenvalue weighted by Crippen LogP contribution is -2.40. The van der Waals surface area contributed by atoms with Gasteiger partial charge in [0.05, 0.1) is 11.7 Å². The van der Waals surface area contributed by atoms with Crippen LogP contribution in [0.1, 0.15) is 18.7 Å². The minimum atomic E-state index is -0.525. The molecule has 2 aromatic heterocycles. The van der Waals surface area contributed by atoms with Gasteiger partial charge in [-0.15, -0.1) is 0 Å². The number of hydrogen-bond donors (Lipinski definition) is 1. The molecule has 0 radical (unpaired) electrons. The average molecular weight is 288 g/mol. The molecular formula is C14H16N4O3. The van der Waals surface area contributed by atoms with E-state index < -0.39 is 11.2 Å². The quantitative estimate of drug-likeness (QED) is 0.845. The zero-order chi connectivity index (χ0) is 15.4. The summed E-state index contributed by atoms with van der Waals surface area (Å²) in [5.41, 5.74) is -0.194. The van der Waals surface area contributed by atoms with Gasteiger partial charge in [-0.3, -0.25) is 23.7 Å². The molecule has 2 rings (SSSR count). The van der Waals surface area contributed by atoms with E-state index in [4.69, 9.17) is 0 Å². The molecule has 7 heteroatoms. The second-order valence-corrected chi connectivity index (χ2v) is 4.67. The lowest BCUT2D eigenvalue weighted by Gasteiger charge is -2.14. The van der Waals surface area contributed by atoms with Crippen LogP contribution in [0.15, 0.2) is 46.2 Å². The minimum Gasteiger partial charge on any atom is -0.346 e. The van der Waals surface area contributed by atoms with Crippen LogP contribution >= 0.6 is 0 Å². The van der Waals surface area contributed by atoms with Gasteiger partial charge in [-0.1, -0.05) is 6.07 Å². The Morgan fingerprint density at radius 2 is 2.10 bits per heavy atom. The van der Waals surface area contributed by atoms with Crippen LogP contribution in [0.4, 0.5) is 0 Å². The molecule has 0 spiro atoms. The maximum Gasteiger partial charge on any atom is 0.331 e. The Labute approximate surface area is 120 Å². The van der Waals surface area contributed by atoms with Crippen LogP contribution in [-0.2, 0) is 18.4 Å². The van der Waals surface area contributed by atoms with Gasteiger partial charge in [0.15, 0.2) is 0 Å². The smallest absolute Gasteiger partial charge is 0.331 e. The van der Waals surface area contributed by atoms with Crippen molar-refractivity contribution >= 4 is 5.91 Å². The number of amides is 1. The summed E-state index contributed by atoms with van der Waals surface area (Å²) in [7, 11) is 1.37. The number of carbonyl (C=O) groups excluding carboxylic acids is 1. The van der Waals surface area contributed by atoms with Crippen LogP contribution in [0.2, 0.25) is 0 Å². The summed E-state index contributed by atoms with van der Waals surface area (Å²) in [6, 6.07) is 6.42. The molecule has 0 unspecified atom stereocenters. The summed E-state index contributed by atoms with van der Waals surface area (Å²) in [5, 5.41) is 2.76. The average Bonchev–Trinajstić information content (AvgIpc) is 2.49. The van der Waals surface area contributed by atoms with Crippen LogP contribution in [0.3, 0.4) is 0 Å². The molecule has 0 bridgehead atoms. The Bertz CT molecular complexity index is 749. The molecule has 1 N–H and O–H groups in total. The number of nitrogens with zero attached hydrogens (tertiary/aromatic N) is 3. The fourth-order valence-electron chi connectivity index (χ4n) is 1.88. The zero-order valence-electron chi connectivity index (χ0n) is 11.8. The second-order valence-electron chi connectivity index (χ2n) is 4.67. The normalized spacial score (nSPS) is 11.9. The first-order chi connectivity index (χ1) is 9.99. The Hall–Kier alpha value is -2.70. The van der Waals surface area contributed by atoms with Crippen molar-refractivity contribution in [3.05, 3.63) is 63.2 Å². The van der Waals surface area contributed by atoms with Crippen molar-refractivity contribution in [2.24, 2.45) is 7.05 Å². The van der Waals surface area contributed by atoms with Gasteiger partial charge in [0.2, 0.25) is 5.91 Å². The van der Waals surface area contributed by atoms with Crippen molar-refractivity contribution in [3.63, 3.8) is 0 Å². The number of carbonyl (C=O) groups is 1. The van der Waals surface area contributed by atoms with Crippen molar-refractivity contribution < 1.29 is 4.79 Å². The van der Waals surface area contributed by atoms with E-state index in [2.05, 4.69) is 10.3 Å². The number of nitrogens with one attached hydrogen (secondary N) is 1. The molecule has 0 fully saturated rings. The van der Waals surface area contributed by atoms with E-state index in [1.165, 1.54) is 23.9 Å².